The number of nitrogens with one attached hydrogen (secondary N) is 1. The number of hydrogen-bond acceptors (Lipinski definition) is 7. The first-order chi connectivity index (χ1) is 13.7. The molecule has 9 heteroatoms. The van der Waals surface area contributed by atoms with Gasteiger partial charge in [-0.15, -0.1) is 5.10 Å². The van der Waals surface area contributed by atoms with E-state index in [1.165, 1.54) is 0 Å². The van der Waals surface area contributed by atoms with Crippen molar-refractivity contribution in [3.05, 3.63) is 52.5 Å². The maximum Gasteiger partial charge on any atom is 0.214 e. The van der Waals surface area contributed by atoms with Crippen LogP contribution >= 0.6 is 27.7 Å². The third-order valence-corrected chi connectivity index (χ3v) is 5.56. The first-order valence-electron chi connectivity index (χ1n) is 8.89. The minimum Gasteiger partial charge on any atom is -0.493 e. The van der Waals surface area contributed by atoms with Gasteiger partial charge in [-0.25, -0.2) is 0 Å². The van der Waals surface area contributed by atoms with Crippen LogP contribution in [0.15, 0.2) is 52.1 Å². The van der Waals surface area contributed by atoms with Crippen molar-refractivity contribution >= 4 is 27.7 Å². The number of hydrogen-bond donors (Lipinski definition) is 1. The molecular formula is C19H22BrN5O2S. The van der Waals surface area contributed by atoms with Crippen LogP contribution in [0.25, 0.3) is 5.69 Å². The summed E-state index contributed by atoms with van der Waals surface area (Å²) in [6.45, 7) is 4.08. The summed E-state index contributed by atoms with van der Waals surface area (Å²) in [4.78, 5) is 0. The minimum atomic E-state index is 0.597. The summed E-state index contributed by atoms with van der Waals surface area (Å²) in [6, 6.07) is 13.8. The van der Waals surface area contributed by atoms with E-state index in [1.54, 1.807) is 23.6 Å². The van der Waals surface area contributed by atoms with Gasteiger partial charge in [-0.2, -0.15) is 4.68 Å². The minimum absolute atomic E-state index is 0.597. The molecule has 0 aliphatic heterocycles. The average Bonchev–Trinajstić information content (AvgIpc) is 3.18. The average molecular weight is 464 g/mol. The van der Waals surface area contributed by atoms with Crippen LogP contribution in [-0.4, -0.2) is 46.2 Å². The Bertz CT molecular complexity index is 891. The van der Waals surface area contributed by atoms with Crippen molar-refractivity contribution in [3.8, 4) is 17.2 Å². The number of rotatable bonds is 10. The fourth-order valence-electron chi connectivity index (χ4n) is 2.58. The molecule has 0 saturated heterocycles. The van der Waals surface area contributed by atoms with Gasteiger partial charge in [-0.05, 0) is 47.2 Å². The second kappa shape index (κ2) is 10.4. The Balaban J connectivity index is 1.52. The summed E-state index contributed by atoms with van der Waals surface area (Å²) in [6.07, 6.45) is 0. The number of benzene rings is 2. The number of thioether (sulfide) groups is 1. The van der Waals surface area contributed by atoms with Crippen LogP contribution in [0.1, 0.15) is 12.5 Å². The maximum absolute atomic E-state index is 5.60. The van der Waals surface area contributed by atoms with Gasteiger partial charge in [0, 0.05) is 23.3 Å². The van der Waals surface area contributed by atoms with Gasteiger partial charge in [0.2, 0.25) is 5.16 Å². The van der Waals surface area contributed by atoms with Gasteiger partial charge in [0.1, 0.15) is 0 Å². The number of tetrazole rings is 1. The second-order valence-electron chi connectivity index (χ2n) is 5.76. The van der Waals surface area contributed by atoms with E-state index in [1.807, 2.05) is 49.4 Å². The number of aromatic nitrogens is 4. The lowest BCUT2D eigenvalue weighted by atomic mass is 10.2. The van der Waals surface area contributed by atoms with Crippen molar-refractivity contribution in [1.82, 2.24) is 25.5 Å². The molecule has 0 fully saturated rings. The van der Waals surface area contributed by atoms with E-state index in [-0.39, 0.29) is 0 Å². The van der Waals surface area contributed by atoms with Crippen molar-refractivity contribution in [3.63, 3.8) is 0 Å². The predicted octanol–water partition coefficient (Wildman–Crippen LogP) is 3.71. The van der Waals surface area contributed by atoms with Crippen molar-refractivity contribution < 1.29 is 9.47 Å². The Morgan fingerprint density at radius 1 is 1.18 bits per heavy atom. The molecule has 7 nitrogen and oxygen atoms in total. The van der Waals surface area contributed by atoms with Crippen LogP contribution in [0.4, 0.5) is 0 Å². The first-order valence-corrected chi connectivity index (χ1v) is 10.7. The molecule has 0 bridgehead atoms. The molecule has 3 aromatic rings. The van der Waals surface area contributed by atoms with Crippen LogP contribution in [0, 0.1) is 0 Å². The maximum atomic E-state index is 5.60. The quantitative estimate of drug-likeness (QED) is 0.362. The van der Waals surface area contributed by atoms with Crippen LogP contribution in [0.2, 0.25) is 0 Å². The highest BCUT2D eigenvalue weighted by Crippen LogP contribution is 2.33. The standard InChI is InChI=1S/C19H22BrN5O2S/c1-3-27-18-12-16(20)14(11-17(18)26-2)13-21-9-10-28-19-22-23-24-25(19)15-7-5-4-6-8-15/h4-8,11-12,21H,3,9-10,13H2,1-2H3. The van der Waals surface area contributed by atoms with E-state index in [9.17, 15) is 0 Å². The molecule has 0 saturated carbocycles. The summed E-state index contributed by atoms with van der Waals surface area (Å²) >= 11 is 5.22. The fraction of sp³-hybridized carbons (Fsp3) is 0.316. The summed E-state index contributed by atoms with van der Waals surface area (Å²) < 4.78 is 13.8. The Hall–Kier alpha value is -2.10. The lowest BCUT2D eigenvalue weighted by Gasteiger charge is -2.13. The molecule has 0 aliphatic rings. The molecule has 0 aliphatic carbocycles. The molecule has 3 rings (SSSR count). The smallest absolute Gasteiger partial charge is 0.214 e. The number of methoxy groups -OCH3 is 1. The second-order valence-corrected chi connectivity index (χ2v) is 7.68. The normalized spacial score (nSPS) is 10.8. The largest absolute Gasteiger partial charge is 0.493 e. The van der Waals surface area contributed by atoms with Crippen molar-refractivity contribution in [1.29, 1.82) is 0 Å². The fourth-order valence-corrected chi connectivity index (χ4v) is 3.83. The van der Waals surface area contributed by atoms with Crippen molar-refractivity contribution in [2.24, 2.45) is 0 Å². The van der Waals surface area contributed by atoms with Crippen molar-refractivity contribution in [2.45, 2.75) is 18.6 Å². The van der Waals surface area contributed by atoms with E-state index in [0.29, 0.717) is 13.2 Å². The molecule has 148 valence electrons. The van der Waals surface area contributed by atoms with E-state index in [4.69, 9.17) is 9.47 Å². The molecule has 2 aromatic carbocycles. The molecule has 0 spiro atoms. The van der Waals surface area contributed by atoms with Crippen LogP contribution in [0.5, 0.6) is 11.5 Å². The molecule has 0 atom stereocenters. The Labute approximate surface area is 176 Å². The Kier molecular flexibility index (Phi) is 7.70. The molecule has 0 amide bonds. The highest BCUT2D eigenvalue weighted by Gasteiger charge is 2.11. The van der Waals surface area contributed by atoms with Gasteiger partial charge >= 0.3 is 0 Å². The SMILES string of the molecule is CCOc1cc(Br)c(CNCCSc2nnnn2-c2ccccc2)cc1OC. The summed E-state index contributed by atoms with van der Waals surface area (Å²) in [7, 11) is 1.65. The van der Waals surface area contributed by atoms with E-state index in [2.05, 4.69) is 36.8 Å². The number of halogens is 1. The van der Waals surface area contributed by atoms with Gasteiger partial charge in [0.05, 0.1) is 19.4 Å². The predicted molar refractivity (Wildman–Crippen MR) is 113 cm³/mol. The summed E-state index contributed by atoms with van der Waals surface area (Å²) in [5.74, 6) is 2.32. The highest BCUT2D eigenvalue weighted by molar-refractivity contribution is 9.10. The summed E-state index contributed by atoms with van der Waals surface area (Å²) in [5.41, 5.74) is 2.06. The third-order valence-electron chi connectivity index (χ3n) is 3.90. The first kappa shape index (κ1) is 20.6. The third kappa shape index (κ3) is 5.24. The van der Waals surface area contributed by atoms with E-state index < -0.39 is 0 Å². The molecule has 0 unspecified atom stereocenters. The number of para-hydroxylation sites is 1. The van der Waals surface area contributed by atoms with Crippen molar-refractivity contribution in [2.75, 3.05) is 26.0 Å². The molecular weight excluding hydrogens is 442 g/mol. The van der Waals surface area contributed by atoms with Crippen LogP contribution in [-0.2, 0) is 6.54 Å². The molecule has 1 heterocycles. The Morgan fingerprint density at radius 2 is 2.00 bits per heavy atom. The lowest BCUT2D eigenvalue weighted by Crippen LogP contribution is -2.17. The molecule has 1 N–H and O–H groups in total. The van der Waals surface area contributed by atoms with E-state index >= 15 is 0 Å². The summed E-state index contributed by atoms with van der Waals surface area (Å²) in [5, 5.41) is 16.2. The molecule has 0 radical (unpaired) electrons. The zero-order chi connectivity index (χ0) is 19.8. The van der Waals surface area contributed by atoms with Gasteiger partial charge in [0.25, 0.3) is 0 Å². The van der Waals surface area contributed by atoms with E-state index in [0.717, 1.165) is 44.7 Å². The van der Waals surface area contributed by atoms with Gasteiger partial charge in [-0.1, -0.05) is 45.9 Å². The lowest BCUT2D eigenvalue weighted by molar-refractivity contribution is 0.310. The topological polar surface area (TPSA) is 74.1 Å². The highest BCUT2D eigenvalue weighted by atomic mass is 79.9. The monoisotopic (exact) mass is 463 g/mol. The van der Waals surface area contributed by atoms with Crippen LogP contribution < -0.4 is 14.8 Å². The zero-order valence-corrected chi connectivity index (χ0v) is 18.2. The van der Waals surface area contributed by atoms with Gasteiger partial charge < -0.3 is 14.8 Å². The zero-order valence-electron chi connectivity index (χ0n) is 15.8. The number of nitrogens with zero attached hydrogens (tertiary/aromatic N) is 4. The Morgan fingerprint density at radius 3 is 2.75 bits per heavy atom. The molecule has 1 aromatic heterocycles. The van der Waals surface area contributed by atoms with Crippen LogP contribution in [0.3, 0.4) is 0 Å². The van der Waals surface area contributed by atoms with Gasteiger partial charge in [0.15, 0.2) is 11.5 Å². The van der Waals surface area contributed by atoms with Gasteiger partial charge in [-0.3, -0.25) is 0 Å². The number of ether oxygens (including phenoxy) is 2. The molecule has 28 heavy (non-hydrogen) atoms.